The van der Waals surface area contributed by atoms with Crippen molar-refractivity contribution in [2.45, 2.75) is 18.9 Å². The summed E-state index contributed by atoms with van der Waals surface area (Å²) >= 11 is 0. The molecule has 1 aliphatic rings. The first-order valence-electron chi connectivity index (χ1n) is 3.86. The van der Waals surface area contributed by atoms with Gasteiger partial charge in [0.25, 0.3) is 10.2 Å². The Balaban J connectivity index is 2.40. The summed E-state index contributed by atoms with van der Waals surface area (Å²) in [6.45, 7) is 1.09. The van der Waals surface area contributed by atoms with Gasteiger partial charge in [-0.3, -0.25) is 0 Å². The van der Waals surface area contributed by atoms with E-state index in [4.69, 9.17) is 9.88 Å². The highest BCUT2D eigenvalue weighted by atomic mass is 32.2. The maximum absolute atomic E-state index is 10.8. The van der Waals surface area contributed by atoms with Crippen LogP contribution in [0.2, 0.25) is 0 Å². The van der Waals surface area contributed by atoms with Crippen LogP contribution in [0.1, 0.15) is 12.8 Å². The lowest BCUT2D eigenvalue weighted by Gasteiger charge is -2.17. The Morgan fingerprint density at radius 1 is 1.67 bits per heavy atom. The normalized spacial score (nSPS) is 25.1. The minimum Gasteiger partial charge on any atom is -0.377 e. The third-order valence-corrected chi connectivity index (χ3v) is 2.94. The Hall–Kier alpha value is -0.170. The van der Waals surface area contributed by atoms with Gasteiger partial charge >= 0.3 is 0 Å². The van der Waals surface area contributed by atoms with Gasteiger partial charge in [0, 0.05) is 20.2 Å². The van der Waals surface area contributed by atoms with Crippen molar-refractivity contribution >= 4 is 10.2 Å². The van der Waals surface area contributed by atoms with Crippen LogP contribution in [0.5, 0.6) is 0 Å². The number of likely N-dealkylation sites (N-methyl/N-ethyl adjacent to an activating group) is 1. The van der Waals surface area contributed by atoms with Crippen LogP contribution in [-0.2, 0) is 14.9 Å². The van der Waals surface area contributed by atoms with Crippen LogP contribution in [0.15, 0.2) is 0 Å². The van der Waals surface area contributed by atoms with E-state index in [0.29, 0.717) is 6.54 Å². The standard InChI is InChI=1S/C6H14N2O3S/c1-8(12(7,9)10)5-6-3-2-4-11-6/h6H,2-5H2,1H3,(H2,7,9,10)/t6-/m1/s1. The summed E-state index contributed by atoms with van der Waals surface area (Å²) in [7, 11) is -2.08. The highest BCUT2D eigenvalue weighted by Gasteiger charge is 2.21. The third kappa shape index (κ3) is 2.71. The first-order chi connectivity index (χ1) is 5.50. The fraction of sp³-hybridized carbons (Fsp3) is 1.00. The number of hydrogen-bond acceptors (Lipinski definition) is 3. The van der Waals surface area contributed by atoms with Gasteiger partial charge in [0.1, 0.15) is 0 Å². The smallest absolute Gasteiger partial charge is 0.276 e. The molecule has 1 aliphatic heterocycles. The van der Waals surface area contributed by atoms with Crippen molar-refractivity contribution in [3.63, 3.8) is 0 Å². The van der Waals surface area contributed by atoms with Gasteiger partial charge in [0.2, 0.25) is 0 Å². The average Bonchev–Trinajstić information content (AvgIpc) is 2.37. The van der Waals surface area contributed by atoms with Crippen molar-refractivity contribution in [2.75, 3.05) is 20.2 Å². The first-order valence-corrected chi connectivity index (χ1v) is 5.36. The van der Waals surface area contributed by atoms with Crippen molar-refractivity contribution in [1.82, 2.24) is 4.31 Å². The predicted molar refractivity (Wildman–Crippen MR) is 44.7 cm³/mol. The van der Waals surface area contributed by atoms with E-state index in [1.807, 2.05) is 0 Å². The van der Waals surface area contributed by atoms with Gasteiger partial charge in [-0.2, -0.15) is 12.7 Å². The van der Waals surface area contributed by atoms with E-state index in [9.17, 15) is 8.42 Å². The van der Waals surface area contributed by atoms with Crippen molar-refractivity contribution < 1.29 is 13.2 Å². The molecule has 1 saturated heterocycles. The lowest BCUT2D eigenvalue weighted by molar-refractivity contribution is 0.0979. The van der Waals surface area contributed by atoms with Gasteiger partial charge in [-0.1, -0.05) is 0 Å². The van der Waals surface area contributed by atoms with Gasteiger partial charge in [0.05, 0.1) is 6.10 Å². The summed E-state index contributed by atoms with van der Waals surface area (Å²) in [6.07, 6.45) is 1.94. The summed E-state index contributed by atoms with van der Waals surface area (Å²) in [5, 5.41) is 4.90. The number of hydrogen-bond donors (Lipinski definition) is 1. The zero-order chi connectivity index (χ0) is 9.19. The summed E-state index contributed by atoms with van der Waals surface area (Å²) in [5.41, 5.74) is 0. The van der Waals surface area contributed by atoms with Crippen LogP contribution in [0, 0.1) is 0 Å². The molecule has 0 saturated carbocycles. The maximum Gasteiger partial charge on any atom is 0.276 e. The second kappa shape index (κ2) is 3.69. The zero-order valence-electron chi connectivity index (χ0n) is 7.06. The van der Waals surface area contributed by atoms with Crippen LogP contribution in [0.25, 0.3) is 0 Å². The molecule has 0 aromatic heterocycles. The Morgan fingerprint density at radius 3 is 2.75 bits per heavy atom. The Bertz CT molecular complexity index is 233. The lowest BCUT2D eigenvalue weighted by atomic mass is 10.2. The molecule has 0 radical (unpaired) electrons. The fourth-order valence-corrected chi connectivity index (χ4v) is 1.55. The molecule has 0 aromatic rings. The van der Waals surface area contributed by atoms with Crippen LogP contribution >= 0.6 is 0 Å². The summed E-state index contributed by atoms with van der Waals surface area (Å²) in [6, 6.07) is 0. The van der Waals surface area contributed by atoms with Gasteiger partial charge in [-0.15, -0.1) is 0 Å². The van der Waals surface area contributed by atoms with E-state index in [-0.39, 0.29) is 6.10 Å². The molecular weight excluding hydrogens is 180 g/mol. The van der Waals surface area contributed by atoms with Crippen LogP contribution in [0.3, 0.4) is 0 Å². The molecule has 72 valence electrons. The Labute approximate surface area is 72.7 Å². The molecule has 0 unspecified atom stereocenters. The number of ether oxygens (including phenoxy) is 1. The average molecular weight is 194 g/mol. The molecule has 1 heterocycles. The molecule has 0 amide bonds. The lowest BCUT2D eigenvalue weighted by Crippen LogP contribution is -2.38. The molecule has 6 heteroatoms. The van der Waals surface area contributed by atoms with E-state index >= 15 is 0 Å². The van der Waals surface area contributed by atoms with Crippen molar-refractivity contribution in [3.05, 3.63) is 0 Å². The second-order valence-corrected chi connectivity index (χ2v) is 4.61. The molecule has 0 spiro atoms. The summed E-state index contributed by atoms with van der Waals surface area (Å²) in [5.74, 6) is 0. The zero-order valence-corrected chi connectivity index (χ0v) is 7.88. The third-order valence-electron chi connectivity index (χ3n) is 1.92. The topological polar surface area (TPSA) is 72.6 Å². The fourth-order valence-electron chi connectivity index (χ4n) is 1.18. The minimum atomic E-state index is -3.54. The highest BCUT2D eigenvalue weighted by Crippen LogP contribution is 2.13. The van der Waals surface area contributed by atoms with Gasteiger partial charge in [0.15, 0.2) is 0 Å². The summed E-state index contributed by atoms with van der Waals surface area (Å²) < 4.78 is 27.9. The quantitative estimate of drug-likeness (QED) is 0.645. The molecule has 0 bridgehead atoms. The molecule has 0 aromatic carbocycles. The van der Waals surface area contributed by atoms with Gasteiger partial charge in [-0.25, -0.2) is 5.14 Å². The van der Waals surface area contributed by atoms with Crippen molar-refractivity contribution in [1.29, 1.82) is 0 Å². The van der Waals surface area contributed by atoms with E-state index in [2.05, 4.69) is 0 Å². The van der Waals surface area contributed by atoms with E-state index < -0.39 is 10.2 Å². The van der Waals surface area contributed by atoms with Crippen molar-refractivity contribution in [3.8, 4) is 0 Å². The van der Waals surface area contributed by atoms with E-state index in [1.165, 1.54) is 7.05 Å². The minimum absolute atomic E-state index is 0.0216. The largest absolute Gasteiger partial charge is 0.377 e. The van der Waals surface area contributed by atoms with Crippen molar-refractivity contribution in [2.24, 2.45) is 5.14 Å². The molecule has 0 aliphatic carbocycles. The monoisotopic (exact) mass is 194 g/mol. The second-order valence-electron chi connectivity index (χ2n) is 2.96. The highest BCUT2D eigenvalue weighted by molar-refractivity contribution is 7.86. The molecule has 1 atom stereocenters. The van der Waals surface area contributed by atoms with Crippen LogP contribution in [-0.4, -0.2) is 39.0 Å². The predicted octanol–water partition coefficient (Wildman–Crippen LogP) is -0.699. The Kier molecular flexibility index (Phi) is 3.05. The molecular formula is C6H14N2O3S. The SMILES string of the molecule is CN(C[C@H]1CCCO1)S(N)(=O)=O. The first kappa shape index (κ1) is 9.91. The molecule has 1 rings (SSSR count). The van der Waals surface area contributed by atoms with E-state index in [0.717, 1.165) is 23.8 Å². The molecule has 1 fully saturated rings. The summed E-state index contributed by atoms with van der Waals surface area (Å²) in [4.78, 5) is 0. The van der Waals surface area contributed by atoms with Gasteiger partial charge in [-0.05, 0) is 12.8 Å². The number of nitrogens with zero attached hydrogens (tertiary/aromatic N) is 1. The molecule has 5 nitrogen and oxygen atoms in total. The molecule has 2 N–H and O–H groups in total. The van der Waals surface area contributed by atoms with Crippen LogP contribution < -0.4 is 5.14 Å². The van der Waals surface area contributed by atoms with E-state index in [1.54, 1.807) is 0 Å². The van der Waals surface area contributed by atoms with Crippen LogP contribution in [0.4, 0.5) is 0 Å². The molecule has 12 heavy (non-hydrogen) atoms. The maximum atomic E-state index is 10.8. The number of rotatable bonds is 3. The van der Waals surface area contributed by atoms with Gasteiger partial charge < -0.3 is 4.74 Å². The Morgan fingerprint density at radius 2 is 2.33 bits per heavy atom. The number of nitrogens with two attached hydrogens (primary N) is 1.